The second-order valence-electron chi connectivity index (χ2n) is 14.9. The van der Waals surface area contributed by atoms with Crippen LogP contribution in [0.4, 0.5) is 0 Å². The molecule has 0 aromatic heterocycles. The predicted octanol–water partition coefficient (Wildman–Crippen LogP) is 14.5. The van der Waals surface area contributed by atoms with Gasteiger partial charge >= 0.3 is 17.9 Å². The van der Waals surface area contributed by atoms with Crippen LogP contribution in [-0.4, -0.2) is 37.2 Å². The van der Waals surface area contributed by atoms with Crippen LogP contribution >= 0.6 is 0 Å². The molecule has 0 aliphatic carbocycles. The molecule has 6 heteroatoms. The molecule has 1 unspecified atom stereocenters. The maximum absolute atomic E-state index is 12.7. The molecule has 0 radical (unpaired) electrons. The van der Waals surface area contributed by atoms with E-state index in [-0.39, 0.29) is 37.5 Å². The average molecular weight is 769 g/mol. The number of hydrogen-bond donors (Lipinski definition) is 0. The molecule has 0 spiro atoms. The maximum Gasteiger partial charge on any atom is 0.306 e. The molecule has 0 aromatic carbocycles. The van der Waals surface area contributed by atoms with Gasteiger partial charge < -0.3 is 14.2 Å². The summed E-state index contributed by atoms with van der Waals surface area (Å²) < 4.78 is 16.7. The monoisotopic (exact) mass is 769 g/mol. The number of esters is 3. The Morgan fingerprint density at radius 1 is 0.382 bits per heavy atom. The van der Waals surface area contributed by atoms with Gasteiger partial charge in [0, 0.05) is 19.3 Å². The number of ether oxygens (including phenoxy) is 3. The van der Waals surface area contributed by atoms with Crippen LogP contribution in [-0.2, 0) is 28.6 Å². The molecule has 6 nitrogen and oxygen atoms in total. The highest BCUT2D eigenvalue weighted by Crippen LogP contribution is 2.14. The van der Waals surface area contributed by atoms with Gasteiger partial charge in [-0.1, -0.05) is 178 Å². The lowest BCUT2D eigenvalue weighted by atomic mass is 10.0. The molecule has 0 heterocycles. The van der Waals surface area contributed by atoms with Crippen molar-refractivity contribution in [3.63, 3.8) is 0 Å². The Morgan fingerprint density at radius 2 is 0.709 bits per heavy atom. The van der Waals surface area contributed by atoms with Crippen LogP contribution in [0.3, 0.4) is 0 Å². The SMILES string of the molecule is CC/C=C\C/C=C\C/C=C\CCCCC(=O)OC(COC(=O)CCCCCCC/C=C\C/C=C\CC)COC(=O)CCCCCCCCCCCCCCC. The molecule has 0 aliphatic rings. The fourth-order valence-corrected chi connectivity index (χ4v) is 6.14. The van der Waals surface area contributed by atoms with E-state index in [4.69, 9.17) is 14.2 Å². The van der Waals surface area contributed by atoms with Gasteiger partial charge in [0.1, 0.15) is 13.2 Å². The van der Waals surface area contributed by atoms with Gasteiger partial charge in [0.2, 0.25) is 0 Å². The minimum Gasteiger partial charge on any atom is -0.462 e. The Bertz CT molecular complexity index is 1020. The van der Waals surface area contributed by atoms with Crippen LogP contribution in [0.2, 0.25) is 0 Å². The topological polar surface area (TPSA) is 78.9 Å². The van der Waals surface area contributed by atoms with Crippen LogP contribution in [0.25, 0.3) is 0 Å². The summed E-state index contributed by atoms with van der Waals surface area (Å²) in [7, 11) is 0. The molecule has 0 bridgehead atoms. The minimum atomic E-state index is -0.795. The number of unbranched alkanes of at least 4 members (excludes halogenated alkanes) is 19. The lowest BCUT2D eigenvalue weighted by Gasteiger charge is -2.18. The highest BCUT2D eigenvalue weighted by atomic mass is 16.6. The van der Waals surface area contributed by atoms with Crippen molar-refractivity contribution in [1.29, 1.82) is 0 Å². The number of carbonyl (C=O) groups excluding carboxylic acids is 3. The van der Waals surface area contributed by atoms with E-state index in [1.807, 2.05) is 0 Å². The molecule has 0 fully saturated rings. The first kappa shape index (κ1) is 52.1. The first-order valence-electron chi connectivity index (χ1n) is 22.8. The first-order valence-corrected chi connectivity index (χ1v) is 22.8. The van der Waals surface area contributed by atoms with Crippen LogP contribution in [0.5, 0.6) is 0 Å². The largest absolute Gasteiger partial charge is 0.462 e. The minimum absolute atomic E-state index is 0.0931. The van der Waals surface area contributed by atoms with Gasteiger partial charge in [-0.25, -0.2) is 0 Å². The number of hydrogen-bond acceptors (Lipinski definition) is 6. The van der Waals surface area contributed by atoms with E-state index >= 15 is 0 Å². The van der Waals surface area contributed by atoms with Crippen molar-refractivity contribution in [1.82, 2.24) is 0 Å². The zero-order chi connectivity index (χ0) is 40.1. The van der Waals surface area contributed by atoms with Crippen molar-refractivity contribution in [3.05, 3.63) is 60.8 Å². The lowest BCUT2D eigenvalue weighted by molar-refractivity contribution is -0.167. The van der Waals surface area contributed by atoms with Gasteiger partial charge in [0.25, 0.3) is 0 Å². The van der Waals surface area contributed by atoms with Gasteiger partial charge in [-0.05, 0) is 77.0 Å². The Morgan fingerprint density at radius 3 is 1.15 bits per heavy atom. The number of carbonyl (C=O) groups is 3. The number of rotatable bonds is 40. The first-order chi connectivity index (χ1) is 27.0. The van der Waals surface area contributed by atoms with Crippen molar-refractivity contribution >= 4 is 17.9 Å². The van der Waals surface area contributed by atoms with E-state index in [9.17, 15) is 14.4 Å². The fourth-order valence-electron chi connectivity index (χ4n) is 6.14. The van der Waals surface area contributed by atoms with Gasteiger partial charge in [-0.2, -0.15) is 0 Å². The summed E-state index contributed by atoms with van der Waals surface area (Å²) in [4.78, 5) is 37.7. The fraction of sp³-hybridized carbons (Fsp3) is 0.735. The van der Waals surface area contributed by atoms with E-state index < -0.39 is 6.10 Å². The van der Waals surface area contributed by atoms with Crippen molar-refractivity contribution in [2.45, 2.75) is 219 Å². The molecular weight excluding hydrogens is 685 g/mol. The van der Waals surface area contributed by atoms with E-state index in [0.717, 1.165) is 103 Å². The van der Waals surface area contributed by atoms with E-state index in [1.54, 1.807) is 0 Å². The molecule has 1 atom stereocenters. The van der Waals surface area contributed by atoms with E-state index in [1.165, 1.54) is 64.2 Å². The lowest BCUT2D eigenvalue weighted by Crippen LogP contribution is -2.30. The van der Waals surface area contributed by atoms with E-state index in [0.29, 0.717) is 19.3 Å². The van der Waals surface area contributed by atoms with Crippen molar-refractivity contribution in [2.75, 3.05) is 13.2 Å². The molecule has 0 N–H and O–H groups in total. The summed E-state index contributed by atoms with van der Waals surface area (Å²) in [5, 5.41) is 0. The Balaban J connectivity index is 4.44. The summed E-state index contributed by atoms with van der Waals surface area (Å²) in [6, 6.07) is 0. The summed E-state index contributed by atoms with van der Waals surface area (Å²) in [5.41, 5.74) is 0. The second-order valence-corrected chi connectivity index (χ2v) is 14.9. The highest BCUT2D eigenvalue weighted by Gasteiger charge is 2.19. The molecule has 0 rings (SSSR count). The molecule has 55 heavy (non-hydrogen) atoms. The van der Waals surface area contributed by atoms with Crippen molar-refractivity contribution in [2.24, 2.45) is 0 Å². The Kier molecular flexibility index (Phi) is 41.5. The molecule has 0 saturated heterocycles. The van der Waals surface area contributed by atoms with Crippen molar-refractivity contribution in [3.8, 4) is 0 Å². The second kappa shape index (κ2) is 43.8. The van der Waals surface area contributed by atoms with Crippen LogP contribution in [0.15, 0.2) is 60.8 Å². The molecule has 0 aliphatic heterocycles. The molecule has 0 amide bonds. The third kappa shape index (κ3) is 42.1. The maximum atomic E-state index is 12.7. The summed E-state index contributed by atoms with van der Waals surface area (Å²) >= 11 is 0. The average Bonchev–Trinajstić information content (AvgIpc) is 3.18. The highest BCUT2D eigenvalue weighted by molar-refractivity contribution is 5.71. The summed E-state index contributed by atoms with van der Waals surface area (Å²) in [6.45, 7) is 6.35. The van der Waals surface area contributed by atoms with Gasteiger partial charge in [-0.15, -0.1) is 0 Å². The van der Waals surface area contributed by atoms with E-state index in [2.05, 4.69) is 81.5 Å². The Hall–Kier alpha value is -2.89. The van der Waals surface area contributed by atoms with Gasteiger partial charge in [-0.3, -0.25) is 14.4 Å². The van der Waals surface area contributed by atoms with Crippen LogP contribution in [0, 0.1) is 0 Å². The summed E-state index contributed by atoms with van der Waals surface area (Å²) in [6.07, 6.45) is 52.1. The number of allylic oxidation sites excluding steroid dienone is 10. The molecule has 316 valence electrons. The third-order valence-corrected chi connectivity index (χ3v) is 9.52. The Labute approximate surface area is 339 Å². The standard InChI is InChI=1S/C49H84O6/c1-4-7-10-13-16-19-22-25-28-30-33-36-39-42-48(51)54-45-46(55-49(52)43-40-37-34-31-27-24-21-18-15-12-9-6-3)44-53-47(50)41-38-35-32-29-26-23-20-17-14-11-8-5-2/h8-9,11-12,17-18,20-21,27,31,46H,4-7,10,13-16,19,22-26,28-30,32-45H2,1-3H3/b11-8-,12-9-,20-17-,21-18-,31-27-. The molecule has 0 aromatic rings. The van der Waals surface area contributed by atoms with Crippen LogP contribution in [0.1, 0.15) is 213 Å². The van der Waals surface area contributed by atoms with Gasteiger partial charge in [0.05, 0.1) is 0 Å². The predicted molar refractivity (Wildman–Crippen MR) is 233 cm³/mol. The molecule has 0 saturated carbocycles. The van der Waals surface area contributed by atoms with Gasteiger partial charge in [0.15, 0.2) is 6.10 Å². The van der Waals surface area contributed by atoms with Crippen LogP contribution < -0.4 is 0 Å². The third-order valence-electron chi connectivity index (χ3n) is 9.52. The smallest absolute Gasteiger partial charge is 0.306 e. The van der Waals surface area contributed by atoms with Crippen molar-refractivity contribution < 1.29 is 28.6 Å². The zero-order valence-corrected chi connectivity index (χ0v) is 35.9. The quantitative estimate of drug-likeness (QED) is 0.0267. The normalized spacial score (nSPS) is 12.6. The molecular formula is C49H84O6. The summed E-state index contributed by atoms with van der Waals surface area (Å²) in [5.74, 6) is -0.951. The zero-order valence-electron chi connectivity index (χ0n) is 35.9.